The minimum Gasteiger partial charge on any atom is -0.480 e. The number of carbonyl (C=O) groups excluding carboxylic acids is 3. The Morgan fingerprint density at radius 3 is 2.33 bits per heavy atom. The van der Waals surface area contributed by atoms with E-state index in [4.69, 9.17) is 5.11 Å². The van der Waals surface area contributed by atoms with Gasteiger partial charge in [-0.25, -0.2) is 9.59 Å². The van der Waals surface area contributed by atoms with Gasteiger partial charge in [-0.3, -0.25) is 14.5 Å². The fraction of sp³-hybridized carbons (Fsp3) is 0.600. The number of urea groups is 1. The molecule has 0 saturated carbocycles. The first-order valence-electron chi connectivity index (χ1n) is 5.25. The standard InChI is InChI=1S/C10H15N3O5/c1-10(2,8(16)17)11-6(14)4-13-7(15)5-12(3)9(13)18/h4-5H2,1-3H3,(H,11,14)(H,16,17). The van der Waals surface area contributed by atoms with E-state index in [1.54, 1.807) is 0 Å². The number of carboxylic acid groups (broad SMARTS) is 1. The van der Waals surface area contributed by atoms with Gasteiger partial charge in [0.25, 0.3) is 5.91 Å². The molecule has 4 amide bonds. The molecule has 8 heteroatoms. The molecule has 1 aliphatic heterocycles. The van der Waals surface area contributed by atoms with Gasteiger partial charge in [0, 0.05) is 7.05 Å². The lowest BCUT2D eigenvalue weighted by atomic mass is 10.1. The summed E-state index contributed by atoms with van der Waals surface area (Å²) in [6.45, 7) is 2.08. The van der Waals surface area contributed by atoms with E-state index < -0.39 is 35.9 Å². The number of rotatable bonds is 4. The van der Waals surface area contributed by atoms with Crippen molar-refractivity contribution in [3.05, 3.63) is 0 Å². The summed E-state index contributed by atoms with van der Waals surface area (Å²) in [6, 6.07) is -0.566. The lowest BCUT2D eigenvalue weighted by molar-refractivity contribution is -0.146. The van der Waals surface area contributed by atoms with Gasteiger partial charge in [-0.05, 0) is 13.8 Å². The van der Waals surface area contributed by atoms with Crippen LogP contribution in [0.5, 0.6) is 0 Å². The van der Waals surface area contributed by atoms with Gasteiger partial charge in [0.2, 0.25) is 5.91 Å². The van der Waals surface area contributed by atoms with Crippen molar-refractivity contribution in [1.29, 1.82) is 0 Å². The van der Waals surface area contributed by atoms with Gasteiger partial charge in [-0.2, -0.15) is 0 Å². The van der Waals surface area contributed by atoms with E-state index in [0.717, 1.165) is 4.90 Å². The summed E-state index contributed by atoms with van der Waals surface area (Å²) in [4.78, 5) is 47.2. The Balaban J connectivity index is 2.64. The van der Waals surface area contributed by atoms with E-state index in [2.05, 4.69) is 5.32 Å². The van der Waals surface area contributed by atoms with Crippen molar-refractivity contribution >= 4 is 23.8 Å². The van der Waals surface area contributed by atoms with E-state index >= 15 is 0 Å². The van der Waals surface area contributed by atoms with Crippen LogP contribution in [0, 0.1) is 0 Å². The minimum atomic E-state index is -1.45. The third-order valence-corrected chi connectivity index (χ3v) is 2.52. The summed E-state index contributed by atoms with van der Waals surface area (Å²) in [7, 11) is 1.44. The number of aliphatic carboxylic acids is 1. The van der Waals surface area contributed by atoms with Crippen LogP contribution in [0.3, 0.4) is 0 Å². The molecule has 0 spiro atoms. The molecule has 0 aromatic carbocycles. The van der Waals surface area contributed by atoms with Crippen molar-refractivity contribution in [3.63, 3.8) is 0 Å². The van der Waals surface area contributed by atoms with Crippen LogP contribution < -0.4 is 5.32 Å². The number of nitrogens with one attached hydrogen (secondary N) is 1. The molecule has 18 heavy (non-hydrogen) atoms. The molecule has 0 bridgehead atoms. The first-order chi connectivity index (χ1) is 8.15. The Labute approximate surface area is 104 Å². The second kappa shape index (κ2) is 4.63. The molecule has 100 valence electrons. The Morgan fingerprint density at radius 2 is 1.94 bits per heavy atom. The van der Waals surface area contributed by atoms with E-state index in [1.165, 1.54) is 25.8 Å². The molecular weight excluding hydrogens is 242 g/mol. The predicted octanol–water partition coefficient (Wildman–Crippen LogP) is -1.14. The molecule has 1 heterocycles. The number of amides is 4. The quantitative estimate of drug-likeness (QED) is 0.619. The van der Waals surface area contributed by atoms with Gasteiger partial charge < -0.3 is 15.3 Å². The molecule has 0 radical (unpaired) electrons. The van der Waals surface area contributed by atoms with Gasteiger partial charge in [0.15, 0.2) is 0 Å². The maximum atomic E-state index is 11.6. The van der Waals surface area contributed by atoms with Crippen LogP contribution in [0.15, 0.2) is 0 Å². The van der Waals surface area contributed by atoms with Crippen LogP contribution in [0.25, 0.3) is 0 Å². The number of hydrogen-bond donors (Lipinski definition) is 2. The van der Waals surface area contributed by atoms with Gasteiger partial charge >= 0.3 is 12.0 Å². The summed E-state index contributed by atoms with van der Waals surface area (Å²) in [5.41, 5.74) is -1.45. The minimum absolute atomic E-state index is 0.0750. The van der Waals surface area contributed by atoms with Crippen molar-refractivity contribution in [1.82, 2.24) is 15.1 Å². The molecule has 1 saturated heterocycles. The van der Waals surface area contributed by atoms with Crippen LogP contribution in [-0.4, -0.2) is 64.4 Å². The van der Waals surface area contributed by atoms with Crippen LogP contribution >= 0.6 is 0 Å². The van der Waals surface area contributed by atoms with Gasteiger partial charge in [0.05, 0.1) is 0 Å². The Hall–Kier alpha value is -2.12. The number of carbonyl (C=O) groups is 4. The van der Waals surface area contributed by atoms with E-state index in [0.29, 0.717) is 0 Å². The Bertz CT molecular complexity index is 418. The summed E-state index contributed by atoms with van der Waals surface area (Å²) >= 11 is 0. The van der Waals surface area contributed by atoms with Crippen molar-refractivity contribution in [2.24, 2.45) is 0 Å². The van der Waals surface area contributed by atoms with Gasteiger partial charge in [0.1, 0.15) is 18.6 Å². The zero-order valence-corrected chi connectivity index (χ0v) is 10.4. The zero-order chi connectivity index (χ0) is 14.1. The maximum Gasteiger partial charge on any atom is 0.328 e. The monoisotopic (exact) mass is 257 g/mol. The number of likely N-dealkylation sites (N-methyl/N-ethyl adjacent to an activating group) is 1. The van der Waals surface area contributed by atoms with Gasteiger partial charge in [-0.15, -0.1) is 0 Å². The Kier molecular flexibility index (Phi) is 3.59. The molecule has 0 aliphatic carbocycles. The summed E-state index contributed by atoms with van der Waals surface area (Å²) in [6.07, 6.45) is 0. The topological polar surface area (TPSA) is 107 Å². The largest absolute Gasteiger partial charge is 0.480 e. The third-order valence-electron chi connectivity index (χ3n) is 2.52. The first-order valence-corrected chi connectivity index (χ1v) is 5.25. The number of nitrogens with zero attached hydrogens (tertiary/aromatic N) is 2. The molecule has 1 rings (SSSR count). The van der Waals surface area contributed by atoms with Gasteiger partial charge in [-0.1, -0.05) is 0 Å². The molecule has 0 aromatic rings. The van der Waals surface area contributed by atoms with E-state index in [1.807, 2.05) is 0 Å². The summed E-state index contributed by atoms with van der Waals surface area (Å²) in [5.74, 6) is -2.38. The Morgan fingerprint density at radius 1 is 1.39 bits per heavy atom. The average molecular weight is 257 g/mol. The third kappa shape index (κ3) is 2.76. The highest BCUT2D eigenvalue weighted by Gasteiger charge is 2.36. The summed E-state index contributed by atoms with van der Waals surface area (Å²) < 4.78 is 0. The fourth-order valence-corrected chi connectivity index (χ4v) is 1.41. The highest BCUT2D eigenvalue weighted by Crippen LogP contribution is 2.08. The fourth-order valence-electron chi connectivity index (χ4n) is 1.41. The highest BCUT2D eigenvalue weighted by atomic mass is 16.4. The molecule has 2 N–H and O–H groups in total. The second-order valence-electron chi connectivity index (χ2n) is 4.60. The zero-order valence-electron chi connectivity index (χ0n) is 10.4. The maximum absolute atomic E-state index is 11.6. The van der Waals surface area contributed by atoms with Crippen LogP contribution in [0.2, 0.25) is 0 Å². The van der Waals surface area contributed by atoms with Crippen molar-refractivity contribution < 1.29 is 24.3 Å². The van der Waals surface area contributed by atoms with E-state index in [9.17, 15) is 19.2 Å². The molecule has 1 aliphatic rings. The van der Waals surface area contributed by atoms with Crippen LogP contribution in [0.1, 0.15) is 13.8 Å². The smallest absolute Gasteiger partial charge is 0.328 e. The summed E-state index contributed by atoms with van der Waals surface area (Å²) in [5, 5.41) is 11.1. The molecule has 8 nitrogen and oxygen atoms in total. The lowest BCUT2D eigenvalue weighted by Crippen LogP contribution is -2.53. The van der Waals surface area contributed by atoms with Crippen molar-refractivity contribution in [2.45, 2.75) is 19.4 Å². The SMILES string of the molecule is CN1CC(=O)N(CC(=O)NC(C)(C)C(=O)O)C1=O. The normalized spacial score (nSPS) is 16.2. The van der Waals surface area contributed by atoms with Crippen LogP contribution in [0.4, 0.5) is 4.79 Å². The second-order valence-corrected chi connectivity index (χ2v) is 4.60. The number of imide groups is 1. The molecule has 1 fully saturated rings. The van der Waals surface area contributed by atoms with Crippen LogP contribution in [-0.2, 0) is 14.4 Å². The van der Waals surface area contributed by atoms with E-state index in [-0.39, 0.29) is 6.54 Å². The molecule has 0 aromatic heterocycles. The van der Waals surface area contributed by atoms with Crippen molar-refractivity contribution in [3.8, 4) is 0 Å². The molecule has 0 atom stereocenters. The molecule has 0 unspecified atom stereocenters. The average Bonchev–Trinajstić information content (AvgIpc) is 2.44. The number of hydrogen-bond acceptors (Lipinski definition) is 4. The molecular formula is C10H15N3O5. The number of carboxylic acids is 1. The predicted molar refractivity (Wildman–Crippen MR) is 59.6 cm³/mol. The van der Waals surface area contributed by atoms with Crippen molar-refractivity contribution in [2.75, 3.05) is 20.1 Å². The highest BCUT2D eigenvalue weighted by molar-refractivity contribution is 6.04. The first kappa shape index (κ1) is 13.9. The lowest BCUT2D eigenvalue weighted by Gasteiger charge is -2.22.